The molecule has 7 heteroatoms. The normalized spacial score (nSPS) is 12.9. The van der Waals surface area contributed by atoms with E-state index in [2.05, 4.69) is 4.72 Å². The Morgan fingerprint density at radius 2 is 1.74 bits per heavy atom. The van der Waals surface area contributed by atoms with Gasteiger partial charge in [-0.2, -0.15) is 0 Å². The molecule has 0 bridgehead atoms. The molecule has 0 fully saturated rings. The Morgan fingerprint density at radius 1 is 1.21 bits per heavy atom. The molecule has 3 N–H and O–H groups in total. The number of nitrogens with one attached hydrogen (secondary N) is 1. The molecule has 0 amide bonds. The molecule has 0 aliphatic rings. The average Bonchev–Trinajstić information content (AvgIpc) is 2.28. The minimum Gasteiger partial charge on any atom is -0.491 e. The number of rotatable bonds is 6. The van der Waals surface area contributed by atoms with Crippen LogP contribution in [-0.2, 0) is 10.0 Å². The van der Waals surface area contributed by atoms with E-state index in [1.54, 1.807) is 19.1 Å². The third-order valence-corrected chi connectivity index (χ3v) is 3.82. The highest BCUT2D eigenvalue weighted by Gasteiger charge is 2.16. The third kappa shape index (κ3) is 5.78. The fourth-order valence-electron chi connectivity index (χ4n) is 1.35. The van der Waals surface area contributed by atoms with E-state index in [0.29, 0.717) is 5.75 Å². The molecule has 19 heavy (non-hydrogen) atoms. The fourth-order valence-corrected chi connectivity index (χ4v) is 2.61. The monoisotopic (exact) mass is 308 g/mol. The Morgan fingerprint density at radius 3 is 2.16 bits per heavy atom. The maximum atomic E-state index is 11.9. The number of nitrogens with two attached hydrogens (primary N) is 1. The molecule has 0 aliphatic carbocycles. The molecule has 1 rings (SSSR count). The highest BCUT2D eigenvalue weighted by molar-refractivity contribution is 7.89. The Labute approximate surface area is 121 Å². The summed E-state index contributed by atoms with van der Waals surface area (Å²) in [6, 6.07) is 6.03. The molecule has 1 aromatic rings. The molecular weight excluding hydrogens is 288 g/mol. The fraction of sp³-hybridized carbons (Fsp3) is 0.500. The maximum absolute atomic E-state index is 11.9. The molecule has 0 unspecified atom stereocenters. The van der Waals surface area contributed by atoms with E-state index in [0.717, 1.165) is 0 Å². The van der Waals surface area contributed by atoms with Crippen LogP contribution in [-0.4, -0.2) is 27.1 Å². The van der Waals surface area contributed by atoms with Crippen LogP contribution in [0.25, 0.3) is 0 Å². The number of sulfonamides is 1. The molecule has 0 aliphatic heterocycles. The van der Waals surface area contributed by atoms with Crippen molar-refractivity contribution in [2.24, 2.45) is 5.73 Å². The highest BCUT2D eigenvalue weighted by atomic mass is 35.5. The zero-order valence-electron chi connectivity index (χ0n) is 11.3. The second kappa shape index (κ2) is 7.69. The summed E-state index contributed by atoms with van der Waals surface area (Å²) < 4.78 is 31.8. The van der Waals surface area contributed by atoms with E-state index < -0.39 is 10.0 Å². The lowest BCUT2D eigenvalue weighted by molar-refractivity contribution is 0.242. The highest BCUT2D eigenvalue weighted by Crippen LogP contribution is 2.17. The van der Waals surface area contributed by atoms with Crippen LogP contribution in [0.2, 0.25) is 0 Å². The van der Waals surface area contributed by atoms with Gasteiger partial charge in [-0.3, -0.25) is 0 Å². The van der Waals surface area contributed by atoms with Crippen LogP contribution in [0.4, 0.5) is 0 Å². The topological polar surface area (TPSA) is 81.4 Å². The molecule has 0 radical (unpaired) electrons. The van der Waals surface area contributed by atoms with E-state index in [1.165, 1.54) is 12.1 Å². The second-order valence-electron chi connectivity index (χ2n) is 4.40. The van der Waals surface area contributed by atoms with Crippen LogP contribution in [0.5, 0.6) is 5.75 Å². The van der Waals surface area contributed by atoms with Crippen molar-refractivity contribution in [2.45, 2.75) is 37.8 Å². The Bertz CT molecular complexity index is 474. The predicted octanol–water partition coefficient (Wildman–Crippen LogP) is 1.52. The minimum absolute atomic E-state index is 0. The van der Waals surface area contributed by atoms with Gasteiger partial charge in [0.25, 0.3) is 0 Å². The molecule has 0 heterocycles. The summed E-state index contributed by atoms with van der Waals surface area (Å²) >= 11 is 0. The van der Waals surface area contributed by atoms with Gasteiger partial charge in [0.05, 0.1) is 11.0 Å². The van der Waals surface area contributed by atoms with E-state index in [1.807, 2.05) is 13.8 Å². The predicted molar refractivity (Wildman–Crippen MR) is 78.3 cm³/mol. The van der Waals surface area contributed by atoms with Crippen LogP contribution >= 0.6 is 12.4 Å². The van der Waals surface area contributed by atoms with Crippen molar-refractivity contribution < 1.29 is 13.2 Å². The van der Waals surface area contributed by atoms with Crippen LogP contribution in [0.15, 0.2) is 29.2 Å². The summed E-state index contributed by atoms with van der Waals surface area (Å²) in [4.78, 5) is 0.207. The lowest BCUT2D eigenvalue weighted by atomic mass is 10.3. The quantitative estimate of drug-likeness (QED) is 0.835. The van der Waals surface area contributed by atoms with Crippen molar-refractivity contribution in [1.29, 1.82) is 0 Å². The smallest absolute Gasteiger partial charge is 0.240 e. The SMILES string of the molecule is CC(C)Oc1ccc(S(=O)(=O)N[C@@H](C)CN)cc1.Cl. The molecule has 0 saturated carbocycles. The summed E-state index contributed by atoms with van der Waals surface area (Å²) in [6.45, 7) is 5.80. The zero-order chi connectivity index (χ0) is 13.8. The van der Waals surface area contributed by atoms with Crippen LogP contribution in [0.3, 0.4) is 0 Å². The Balaban J connectivity index is 0.00000324. The zero-order valence-corrected chi connectivity index (χ0v) is 12.9. The first-order chi connectivity index (χ1) is 8.35. The average molecular weight is 309 g/mol. The van der Waals surface area contributed by atoms with E-state index in [9.17, 15) is 8.42 Å². The Kier molecular flexibility index (Phi) is 7.36. The van der Waals surface area contributed by atoms with Gasteiger partial charge in [-0.15, -0.1) is 12.4 Å². The molecule has 1 aromatic carbocycles. The van der Waals surface area contributed by atoms with Gasteiger partial charge in [0.15, 0.2) is 0 Å². The van der Waals surface area contributed by atoms with Gasteiger partial charge < -0.3 is 10.5 Å². The van der Waals surface area contributed by atoms with Gasteiger partial charge in [0, 0.05) is 12.6 Å². The molecule has 0 aromatic heterocycles. The largest absolute Gasteiger partial charge is 0.491 e. The van der Waals surface area contributed by atoms with Crippen molar-refractivity contribution in [2.75, 3.05) is 6.54 Å². The number of hydrogen-bond donors (Lipinski definition) is 2. The van der Waals surface area contributed by atoms with Gasteiger partial charge in [-0.05, 0) is 45.0 Å². The van der Waals surface area contributed by atoms with Crippen LogP contribution in [0, 0.1) is 0 Å². The lowest BCUT2D eigenvalue weighted by Gasteiger charge is -2.13. The second-order valence-corrected chi connectivity index (χ2v) is 6.11. The van der Waals surface area contributed by atoms with Crippen molar-refractivity contribution in [3.8, 4) is 5.75 Å². The minimum atomic E-state index is -3.50. The summed E-state index contributed by atoms with van der Waals surface area (Å²) in [6.07, 6.45) is 0.0582. The van der Waals surface area contributed by atoms with E-state index in [-0.39, 0.29) is 36.0 Å². The molecular formula is C12H21ClN2O3S. The van der Waals surface area contributed by atoms with Crippen LogP contribution in [0.1, 0.15) is 20.8 Å². The van der Waals surface area contributed by atoms with Crippen molar-refractivity contribution >= 4 is 22.4 Å². The molecule has 0 saturated heterocycles. The summed E-state index contributed by atoms with van der Waals surface area (Å²) in [5.41, 5.74) is 5.39. The number of hydrogen-bond acceptors (Lipinski definition) is 4. The lowest BCUT2D eigenvalue weighted by Crippen LogP contribution is -2.37. The number of benzene rings is 1. The first kappa shape index (κ1) is 18.2. The van der Waals surface area contributed by atoms with Gasteiger partial charge in [-0.1, -0.05) is 0 Å². The molecule has 1 atom stereocenters. The van der Waals surface area contributed by atoms with Gasteiger partial charge in [-0.25, -0.2) is 13.1 Å². The number of halogens is 1. The van der Waals surface area contributed by atoms with Gasteiger partial charge >= 0.3 is 0 Å². The van der Waals surface area contributed by atoms with Crippen molar-refractivity contribution in [3.63, 3.8) is 0 Å². The molecule has 110 valence electrons. The standard InChI is InChI=1S/C12H20N2O3S.ClH/c1-9(2)17-11-4-6-12(7-5-11)18(15,16)14-10(3)8-13;/h4-7,9-10,14H,8,13H2,1-3H3;1H/t10-;/m0./s1. The molecule has 0 spiro atoms. The van der Waals surface area contributed by atoms with Crippen molar-refractivity contribution in [1.82, 2.24) is 4.72 Å². The van der Waals surface area contributed by atoms with Crippen molar-refractivity contribution in [3.05, 3.63) is 24.3 Å². The van der Waals surface area contributed by atoms with Gasteiger partial charge in [0.1, 0.15) is 5.75 Å². The maximum Gasteiger partial charge on any atom is 0.240 e. The Hall–Kier alpha value is -0.820. The summed E-state index contributed by atoms with van der Waals surface area (Å²) in [5.74, 6) is 0.649. The summed E-state index contributed by atoms with van der Waals surface area (Å²) in [7, 11) is -3.50. The third-order valence-electron chi connectivity index (χ3n) is 2.22. The number of ether oxygens (including phenoxy) is 1. The van der Waals surface area contributed by atoms with Gasteiger partial charge in [0.2, 0.25) is 10.0 Å². The van der Waals surface area contributed by atoms with E-state index in [4.69, 9.17) is 10.5 Å². The van der Waals surface area contributed by atoms with Crippen LogP contribution < -0.4 is 15.2 Å². The summed E-state index contributed by atoms with van der Waals surface area (Å²) in [5, 5.41) is 0. The van der Waals surface area contributed by atoms with E-state index >= 15 is 0 Å². The molecule has 5 nitrogen and oxygen atoms in total. The first-order valence-corrected chi connectivity index (χ1v) is 7.32. The first-order valence-electron chi connectivity index (χ1n) is 5.84.